The average Bonchev–Trinajstić information content (AvgIpc) is 2.67. The second-order valence-electron chi connectivity index (χ2n) is 6.04. The normalized spacial score (nSPS) is 16.2. The van der Waals surface area contributed by atoms with Crippen LogP contribution in [0, 0.1) is 10.1 Å². The first-order valence-electron chi connectivity index (χ1n) is 8.83. The number of nitrogens with zero attached hydrogens (tertiary/aromatic N) is 1. The van der Waals surface area contributed by atoms with E-state index in [0.29, 0.717) is 11.3 Å². The maximum atomic E-state index is 12.8. The molecule has 0 spiro atoms. The highest BCUT2D eigenvalue weighted by Crippen LogP contribution is 2.40. The van der Waals surface area contributed by atoms with E-state index in [1.807, 2.05) is 0 Å². The van der Waals surface area contributed by atoms with Gasteiger partial charge in [-0.15, -0.1) is 0 Å². The highest BCUT2D eigenvalue weighted by Gasteiger charge is 2.40. The van der Waals surface area contributed by atoms with E-state index in [1.165, 1.54) is 18.2 Å². The van der Waals surface area contributed by atoms with Crippen LogP contribution in [0.4, 0.5) is 5.69 Å². The molecule has 9 nitrogen and oxygen atoms in total. The molecule has 10 heteroatoms. The van der Waals surface area contributed by atoms with E-state index in [-0.39, 0.29) is 40.7 Å². The fraction of sp³-hybridized carbons (Fsp3) is 0.316. The number of benzene rings is 1. The standard InChI is InChI=1S/C19H21N3O6S/c1-4-27-18(23)13-10(3)21-16(17(20)29)15(19(24)28-5-2)14(13)11-7-6-8-12(9-11)22(25)26/h6-9,14,21H,4-5H2,1-3H3,(H2,20,29). The number of thiocarbonyl (C=S) groups is 1. The topological polar surface area (TPSA) is 134 Å². The summed E-state index contributed by atoms with van der Waals surface area (Å²) < 4.78 is 10.3. The van der Waals surface area contributed by atoms with Crippen molar-refractivity contribution in [3.63, 3.8) is 0 Å². The number of ether oxygens (including phenoxy) is 2. The molecule has 0 aromatic heterocycles. The van der Waals surface area contributed by atoms with Crippen LogP contribution in [0.15, 0.2) is 46.8 Å². The number of nitrogens with two attached hydrogens (primary N) is 1. The lowest BCUT2D eigenvalue weighted by molar-refractivity contribution is -0.384. The van der Waals surface area contributed by atoms with Crippen molar-refractivity contribution >= 4 is 34.8 Å². The van der Waals surface area contributed by atoms with Crippen molar-refractivity contribution in [3.05, 3.63) is 62.5 Å². The third kappa shape index (κ3) is 4.60. The lowest BCUT2D eigenvalue weighted by atomic mass is 9.80. The van der Waals surface area contributed by atoms with Crippen LogP contribution in [0.5, 0.6) is 0 Å². The quantitative estimate of drug-likeness (QED) is 0.295. The van der Waals surface area contributed by atoms with Gasteiger partial charge in [0, 0.05) is 17.8 Å². The molecule has 2 rings (SSSR count). The Morgan fingerprint density at radius 1 is 1.21 bits per heavy atom. The molecule has 0 amide bonds. The number of carbonyl (C=O) groups is 2. The fourth-order valence-electron chi connectivity index (χ4n) is 3.08. The van der Waals surface area contributed by atoms with Gasteiger partial charge in [-0.05, 0) is 26.3 Å². The van der Waals surface area contributed by atoms with Crippen LogP contribution in [0.2, 0.25) is 0 Å². The third-order valence-electron chi connectivity index (χ3n) is 4.21. The van der Waals surface area contributed by atoms with Crippen LogP contribution in [0.3, 0.4) is 0 Å². The zero-order valence-corrected chi connectivity index (χ0v) is 17.0. The first-order chi connectivity index (χ1) is 13.7. The summed E-state index contributed by atoms with van der Waals surface area (Å²) in [6, 6.07) is 5.65. The molecule has 1 aliphatic rings. The summed E-state index contributed by atoms with van der Waals surface area (Å²) >= 11 is 5.08. The van der Waals surface area contributed by atoms with Crippen molar-refractivity contribution in [1.82, 2.24) is 5.32 Å². The second-order valence-corrected chi connectivity index (χ2v) is 6.48. The smallest absolute Gasteiger partial charge is 0.337 e. The minimum absolute atomic E-state index is 0.00602. The van der Waals surface area contributed by atoms with E-state index >= 15 is 0 Å². The Morgan fingerprint density at radius 2 is 1.79 bits per heavy atom. The molecule has 0 radical (unpaired) electrons. The van der Waals surface area contributed by atoms with Gasteiger partial charge < -0.3 is 20.5 Å². The second kappa shape index (κ2) is 9.28. The number of rotatable bonds is 7. The average molecular weight is 419 g/mol. The van der Waals surface area contributed by atoms with Gasteiger partial charge in [0.15, 0.2) is 0 Å². The summed E-state index contributed by atoms with van der Waals surface area (Å²) in [4.78, 5) is 36.1. The molecule has 0 aliphatic carbocycles. The molecule has 0 saturated carbocycles. The number of nitrogens with one attached hydrogen (secondary N) is 1. The molecule has 1 aromatic carbocycles. The van der Waals surface area contributed by atoms with Gasteiger partial charge in [0.05, 0.1) is 40.9 Å². The van der Waals surface area contributed by atoms with E-state index in [4.69, 9.17) is 27.4 Å². The number of dihydropyridines is 1. The molecule has 29 heavy (non-hydrogen) atoms. The van der Waals surface area contributed by atoms with E-state index in [1.54, 1.807) is 26.8 Å². The highest BCUT2D eigenvalue weighted by atomic mass is 32.1. The van der Waals surface area contributed by atoms with Gasteiger partial charge in [-0.2, -0.15) is 0 Å². The van der Waals surface area contributed by atoms with Crippen molar-refractivity contribution in [2.75, 3.05) is 13.2 Å². The van der Waals surface area contributed by atoms with Crippen LogP contribution in [0.25, 0.3) is 0 Å². The lowest BCUT2D eigenvalue weighted by Crippen LogP contribution is -2.37. The van der Waals surface area contributed by atoms with Crippen LogP contribution in [0.1, 0.15) is 32.3 Å². The number of allylic oxidation sites excluding steroid dienone is 1. The van der Waals surface area contributed by atoms with E-state index < -0.39 is 22.8 Å². The Bertz CT molecular complexity index is 938. The zero-order valence-electron chi connectivity index (χ0n) is 16.2. The maximum Gasteiger partial charge on any atom is 0.337 e. The minimum atomic E-state index is -1.01. The van der Waals surface area contributed by atoms with E-state index in [0.717, 1.165) is 0 Å². The van der Waals surface area contributed by atoms with Crippen molar-refractivity contribution in [3.8, 4) is 0 Å². The number of nitro benzene ring substituents is 1. The summed E-state index contributed by atoms with van der Waals surface area (Å²) in [5, 5.41) is 14.1. The molecule has 1 unspecified atom stereocenters. The maximum absolute atomic E-state index is 12.8. The molecule has 3 N–H and O–H groups in total. The Kier molecular flexibility index (Phi) is 7.05. The molecule has 1 atom stereocenters. The molecule has 154 valence electrons. The Hall–Kier alpha value is -3.27. The molecule has 1 heterocycles. The molecule has 0 bridgehead atoms. The van der Waals surface area contributed by atoms with Crippen molar-refractivity contribution < 1.29 is 24.0 Å². The molecule has 0 fully saturated rings. The molecular formula is C19H21N3O6S. The Labute approximate surface area is 172 Å². The molecule has 0 saturated heterocycles. The van der Waals surface area contributed by atoms with Crippen LogP contribution >= 0.6 is 12.2 Å². The Morgan fingerprint density at radius 3 is 2.31 bits per heavy atom. The largest absolute Gasteiger partial charge is 0.463 e. The van der Waals surface area contributed by atoms with Crippen molar-refractivity contribution in [1.29, 1.82) is 0 Å². The van der Waals surface area contributed by atoms with Crippen LogP contribution < -0.4 is 11.1 Å². The number of nitro groups is 1. The SMILES string of the molecule is CCOC(=O)C1=C(C)NC(C(N)=S)=C(C(=O)OCC)C1c1cccc([N+](=O)[O-])c1. The van der Waals surface area contributed by atoms with Gasteiger partial charge in [-0.3, -0.25) is 10.1 Å². The summed E-state index contributed by atoms with van der Waals surface area (Å²) in [6.07, 6.45) is 0. The Balaban J connectivity index is 2.80. The van der Waals surface area contributed by atoms with Gasteiger partial charge in [0.25, 0.3) is 5.69 Å². The lowest BCUT2D eigenvalue weighted by Gasteiger charge is -2.31. The first-order valence-corrected chi connectivity index (χ1v) is 9.24. The van der Waals surface area contributed by atoms with Crippen molar-refractivity contribution in [2.24, 2.45) is 5.73 Å². The van der Waals surface area contributed by atoms with Crippen LogP contribution in [-0.2, 0) is 19.1 Å². The van der Waals surface area contributed by atoms with Crippen LogP contribution in [-0.4, -0.2) is 35.1 Å². The van der Waals surface area contributed by atoms with Gasteiger partial charge in [0.1, 0.15) is 4.99 Å². The summed E-state index contributed by atoms with van der Waals surface area (Å²) in [7, 11) is 0. The predicted molar refractivity (Wildman–Crippen MR) is 109 cm³/mol. The molecule has 1 aliphatic heterocycles. The number of non-ortho nitro benzene ring substituents is 1. The summed E-state index contributed by atoms with van der Waals surface area (Å²) in [5.74, 6) is -2.42. The number of hydrogen-bond donors (Lipinski definition) is 2. The zero-order chi connectivity index (χ0) is 21.7. The third-order valence-corrected chi connectivity index (χ3v) is 4.42. The van der Waals surface area contributed by atoms with Crippen molar-refractivity contribution in [2.45, 2.75) is 26.7 Å². The monoisotopic (exact) mass is 419 g/mol. The summed E-state index contributed by atoms with van der Waals surface area (Å²) in [5.41, 5.74) is 6.56. The first kappa shape index (κ1) is 22.0. The fourth-order valence-corrected chi connectivity index (χ4v) is 3.24. The summed E-state index contributed by atoms with van der Waals surface area (Å²) in [6.45, 7) is 5.07. The molecular weight excluding hydrogens is 398 g/mol. The van der Waals surface area contributed by atoms with Gasteiger partial charge in [-0.1, -0.05) is 24.4 Å². The number of carbonyl (C=O) groups excluding carboxylic acids is 2. The number of esters is 2. The van der Waals surface area contributed by atoms with E-state index in [2.05, 4.69) is 5.32 Å². The van der Waals surface area contributed by atoms with E-state index in [9.17, 15) is 19.7 Å². The van der Waals surface area contributed by atoms with Gasteiger partial charge in [-0.25, -0.2) is 9.59 Å². The van der Waals surface area contributed by atoms with Gasteiger partial charge in [0.2, 0.25) is 0 Å². The number of hydrogen-bond acceptors (Lipinski definition) is 8. The van der Waals surface area contributed by atoms with Gasteiger partial charge >= 0.3 is 11.9 Å². The highest BCUT2D eigenvalue weighted by molar-refractivity contribution is 7.80. The molecule has 1 aromatic rings. The predicted octanol–water partition coefficient (Wildman–Crippen LogP) is 2.22. The minimum Gasteiger partial charge on any atom is -0.463 e.